The Morgan fingerprint density at radius 1 is 1.06 bits per heavy atom. The van der Waals surface area contributed by atoms with E-state index in [1.807, 2.05) is 55.5 Å². The van der Waals surface area contributed by atoms with Gasteiger partial charge in [-0.2, -0.15) is 0 Å². The Labute approximate surface area is 191 Å². The molecule has 2 saturated heterocycles. The molecule has 2 fully saturated rings. The minimum absolute atomic E-state index is 0.134. The highest BCUT2D eigenvalue weighted by Gasteiger charge is 2.70. The van der Waals surface area contributed by atoms with Gasteiger partial charge in [0.1, 0.15) is 5.54 Å². The Kier molecular flexibility index (Phi) is 5.05. The minimum atomic E-state index is -1.40. The molecule has 1 spiro atoms. The summed E-state index contributed by atoms with van der Waals surface area (Å²) in [5.41, 5.74) is 7.36. The van der Waals surface area contributed by atoms with Gasteiger partial charge in [0.05, 0.1) is 11.8 Å². The fourth-order valence-electron chi connectivity index (χ4n) is 5.74. The van der Waals surface area contributed by atoms with Crippen molar-refractivity contribution in [2.45, 2.75) is 37.8 Å². The number of fused-ring (bicyclic) bond motifs is 4. The lowest BCUT2D eigenvalue weighted by atomic mass is 9.76. The molecule has 3 aliphatic rings. The molecule has 3 aliphatic heterocycles. The SMILES string of the molecule is CCc1cccc2c1NC(=O)C21NC(CC(N)=O)C2C(=O)N(CCc3ccccc3)C(=O)C21. The summed E-state index contributed by atoms with van der Waals surface area (Å²) in [7, 11) is 0. The highest BCUT2D eigenvalue weighted by molar-refractivity contribution is 6.15. The zero-order valence-corrected chi connectivity index (χ0v) is 18.3. The van der Waals surface area contributed by atoms with Crippen LogP contribution in [0.25, 0.3) is 0 Å². The number of primary amides is 1. The number of para-hydroxylation sites is 1. The van der Waals surface area contributed by atoms with Gasteiger partial charge in [-0.1, -0.05) is 55.5 Å². The number of nitrogens with two attached hydrogens (primary N) is 1. The lowest BCUT2D eigenvalue weighted by Gasteiger charge is -2.29. The Balaban J connectivity index is 1.56. The number of anilines is 1. The van der Waals surface area contributed by atoms with Crippen molar-refractivity contribution in [3.63, 3.8) is 0 Å². The molecule has 4 N–H and O–H groups in total. The van der Waals surface area contributed by atoms with Crippen molar-refractivity contribution >= 4 is 29.3 Å². The molecule has 0 bridgehead atoms. The summed E-state index contributed by atoms with van der Waals surface area (Å²) >= 11 is 0. The summed E-state index contributed by atoms with van der Waals surface area (Å²) in [6.07, 6.45) is 1.08. The van der Waals surface area contributed by atoms with Crippen LogP contribution in [0.2, 0.25) is 0 Å². The van der Waals surface area contributed by atoms with Gasteiger partial charge in [0.15, 0.2) is 0 Å². The van der Waals surface area contributed by atoms with Crippen LogP contribution in [-0.2, 0) is 37.6 Å². The number of likely N-dealkylation sites (tertiary alicyclic amines) is 1. The van der Waals surface area contributed by atoms with Crippen molar-refractivity contribution in [3.05, 3.63) is 65.2 Å². The molecule has 4 amide bonds. The monoisotopic (exact) mass is 446 g/mol. The van der Waals surface area contributed by atoms with E-state index in [0.29, 0.717) is 24.1 Å². The summed E-state index contributed by atoms with van der Waals surface area (Å²) in [5.74, 6) is -3.46. The van der Waals surface area contributed by atoms with E-state index < -0.39 is 29.3 Å². The predicted molar refractivity (Wildman–Crippen MR) is 121 cm³/mol. The number of hydrogen-bond donors (Lipinski definition) is 3. The normalized spacial score (nSPS) is 27.7. The van der Waals surface area contributed by atoms with Crippen LogP contribution in [0.15, 0.2) is 48.5 Å². The number of rotatable bonds is 6. The van der Waals surface area contributed by atoms with E-state index in [1.54, 1.807) is 0 Å². The average Bonchev–Trinajstić information content (AvgIpc) is 3.37. The summed E-state index contributed by atoms with van der Waals surface area (Å²) < 4.78 is 0. The van der Waals surface area contributed by atoms with Crippen LogP contribution in [-0.4, -0.2) is 41.1 Å². The van der Waals surface area contributed by atoms with Crippen LogP contribution in [0.1, 0.15) is 30.0 Å². The molecular weight excluding hydrogens is 420 g/mol. The standard InChI is InChI=1S/C25H26N4O4/c1-2-15-9-6-10-16-21(15)27-24(33)25(16)20-19(17(28-25)13-18(26)30)22(31)29(23(20)32)12-11-14-7-4-3-5-8-14/h3-10,17,19-20,28H,2,11-13H2,1H3,(H2,26,30)(H,27,33). The van der Waals surface area contributed by atoms with Crippen LogP contribution in [0.3, 0.4) is 0 Å². The zero-order valence-electron chi connectivity index (χ0n) is 18.3. The Morgan fingerprint density at radius 2 is 1.82 bits per heavy atom. The Bertz CT molecular complexity index is 1160. The van der Waals surface area contributed by atoms with Gasteiger partial charge in [0.25, 0.3) is 0 Å². The van der Waals surface area contributed by atoms with E-state index in [4.69, 9.17) is 5.73 Å². The Morgan fingerprint density at radius 3 is 2.52 bits per heavy atom. The van der Waals surface area contributed by atoms with Crippen molar-refractivity contribution in [3.8, 4) is 0 Å². The van der Waals surface area contributed by atoms with Gasteiger partial charge in [-0.15, -0.1) is 0 Å². The van der Waals surface area contributed by atoms with Gasteiger partial charge in [-0.05, 0) is 24.0 Å². The van der Waals surface area contributed by atoms with Crippen LogP contribution >= 0.6 is 0 Å². The summed E-state index contributed by atoms with van der Waals surface area (Å²) in [6.45, 7) is 2.21. The quantitative estimate of drug-likeness (QED) is 0.574. The molecule has 8 nitrogen and oxygen atoms in total. The van der Waals surface area contributed by atoms with Crippen molar-refractivity contribution in [1.29, 1.82) is 0 Å². The molecule has 5 rings (SSSR count). The maximum Gasteiger partial charge on any atom is 0.250 e. The van der Waals surface area contributed by atoms with E-state index >= 15 is 0 Å². The number of carbonyl (C=O) groups excluding carboxylic acids is 4. The molecule has 0 saturated carbocycles. The molecule has 33 heavy (non-hydrogen) atoms. The van der Waals surface area contributed by atoms with E-state index in [2.05, 4.69) is 10.6 Å². The molecule has 170 valence electrons. The Hall–Kier alpha value is -3.52. The fourth-order valence-corrected chi connectivity index (χ4v) is 5.74. The lowest BCUT2D eigenvalue weighted by Crippen LogP contribution is -2.53. The first-order valence-corrected chi connectivity index (χ1v) is 11.3. The number of amides is 4. The molecule has 2 aromatic rings. The van der Waals surface area contributed by atoms with Crippen molar-refractivity contribution < 1.29 is 19.2 Å². The zero-order chi connectivity index (χ0) is 23.3. The van der Waals surface area contributed by atoms with Crippen molar-refractivity contribution in [2.24, 2.45) is 17.6 Å². The van der Waals surface area contributed by atoms with E-state index in [1.165, 1.54) is 4.90 Å². The van der Waals surface area contributed by atoms with Crippen molar-refractivity contribution in [2.75, 3.05) is 11.9 Å². The number of benzene rings is 2. The number of nitrogens with one attached hydrogen (secondary N) is 2. The number of aryl methyl sites for hydroxylation is 1. The molecule has 0 aliphatic carbocycles. The molecule has 3 heterocycles. The van der Waals surface area contributed by atoms with Crippen LogP contribution in [0, 0.1) is 11.8 Å². The van der Waals surface area contributed by atoms with Crippen LogP contribution in [0.5, 0.6) is 0 Å². The second-order valence-corrected chi connectivity index (χ2v) is 8.94. The van der Waals surface area contributed by atoms with Gasteiger partial charge >= 0.3 is 0 Å². The molecule has 0 radical (unpaired) electrons. The molecular formula is C25H26N4O4. The third kappa shape index (κ3) is 3.08. The van der Waals surface area contributed by atoms with Gasteiger partial charge in [-0.25, -0.2) is 0 Å². The summed E-state index contributed by atoms with van der Waals surface area (Å²) in [4.78, 5) is 53.7. The fraction of sp³-hybridized carbons (Fsp3) is 0.360. The number of imide groups is 1. The first-order valence-electron chi connectivity index (χ1n) is 11.3. The van der Waals surface area contributed by atoms with Gasteiger partial charge in [-0.3, -0.25) is 29.4 Å². The highest BCUT2D eigenvalue weighted by atomic mass is 16.2. The number of nitrogens with zero attached hydrogens (tertiary/aromatic N) is 1. The molecule has 8 heteroatoms. The van der Waals surface area contributed by atoms with Crippen molar-refractivity contribution in [1.82, 2.24) is 10.2 Å². The number of hydrogen-bond acceptors (Lipinski definition) is 5. The molecule has 0 aromatic heterocycles. The third-order valence-corrected chi connectivity index (χ3v) is 7.20. The number of carbonyl (C=O) groups is 4. The van der Waals surface area contributed by atoms with Gasteiger partial charge in [0, 0.05) is 30.3 Å². The van der Waals surface area contributed by atoms with E-state index in [9.17, 15) is 19.2 Å². The first-order chi connectivity index (χ1) is 15.9. The summed E-state index contributed by atoms with van der Waals surface area (Å²) in [6, 6.07) is 14.5. The molecule has 2 aromatic carbocycles. The highest BCUT2D eigenvalue weighted by Crippen LogP contribution is 2.53. The second-order valence-electron chi connectivity index (χ2n) is 8.94. The van der Waals surface area contributed by atoms with Crippen LogP contribution < -0.4 is 16.4 Å². The second kappa shape index (κ2) is 7.81. The topological polar surface area (TPSA) is 122 Å². The smallest absolute Gasteiger partial charge is 0.250 e. The van der Waals surface area contributed by atoms with Gasteiger partial charge < -0.3 is 11.1 Å². The third-order valence-electron chi connectivity index (χ3n) is 7.20. The minimum Gasteiger partial charge on any atom is -0.370 e. The van der Waals surface area contributed by atoms with E-state index in [-0.39, 0.29) is 30.7 Å². The first kappa shape index (κ1) is 21.3. The summed E-state index contributed by atoms with van der Waals surface area (Å²) in [5, 5.41) is 6.18. The van der Waals surface area contributed by atoms with E-state index in [0.717, 1.165) is 11.1 Å². The average molecular weight is 447 g/mol. The maximum atomic E-state index is 13.7. The predicted octanol–water partition coefficient (Wildman–Crippen LogP) is 1.09. The van der Waals surface area contributed by atoms with Gasteiger partial charge in [0.2, 0.25) is 23.6 Å². The maximum absolute atomic E-state index is 13.7. The lowest BCUT2D eigenvalue weighted by molar-refractivity contribution is -0.142. The largest absolute Gasteiger partial charge is 0.370 e. The van der Waals surface area contributed by atoms with Crippen LogP contribution in [0.4, 0.5) is 5.69 Å². The molecule has 4 atom stereocenters. The molecule has 4 unspecified atom stereocenters.